The van der Waals surface area contributed by atoms with E-state index in [0.29, 0.717) is 25.6 Å². The molecule has 2 aromatic rings. The summed E-state index contributed by atoms with van der Waals surface area (Å²) in [5, 5.41) is 3.21. The van der Waals surface area contributed by atoms with Gasteiger partial charge in [0, 0.05) is 15.7 Å². The first-order chi connectivity index (χ1) is 15.6. The molecule has 12 heteroatoms. The lowest BCUT2D eigenvalue weighted by molar-refractivity contribution is -0.143. The van der Waals surface area contributed by atoms with Crippen molar-refractivity contribution in [2.45, 2.75) is 18.2 Å². The van der Waals surface area contributed by atoms with Crippen molar-refractivity contribution in [2.75, 3.05) is 25.1 Å². The smallest absolute Gasteiger partial charge is 0.411 e. The molecule has 1 heterocycles. The number of hydrogen-bond donors (Lipinski definition) is 1. The van der Waals surface area contributed by atoms with Gasteiger partial charge in [-0.15, -0.1) is 0 Å². The Labute approximate surface area is 200 Å². The van der Waals surface area contributed by atoms with Crippen LogP contribution in [-0.2, 0) is 35.5 Å². The highest BCUT2D eigenvalue weighted by Gasteiger charge is 2.39. The van der Waals surface area contributed by atoms with Gasteiger partial charge >= 0.3 is 12.1 Å². The van der Waals surface area contributed by atoms with Gasteiger partial charge in [0.1, 0.15) is 13.2 Å². The van der Waals surface area contributed by atoms with Crippen LogP contribution in [0.5, 0.6) is 0 Å². The maximum absolute atomic E-state index is 13.2. The number of nitrogens with zero attached hydrogens (tertiary/aromatic N) is 1. The Balaban J connectivity index is 1.92. The van der Waals surface area contributed by atoms with E-state index in [2.05, 4.69) is 5.32 Å². The third-order valence-corrected chi connectivity index (χ3v) is 7.00. The zero-order valence-corrected chi connectivity index (χ0v) is 19.7. The number of hydrogen-bond acceptors (Lipinski definition) is 7. The molecule has 33 heavy (non-hydrogen) atoms. The highest BCUT2D eigenvalue weighted by molar-refractivity contribution is 7.89. The van der Waals surface area contributed by atoms with Crippen molar-refractivity contribution in [2.24, 2.45) is 5.92 Å². The van der Waals surface area contributed by atoms with E-state index in [1.807, 2.05) is 0 Å². The number of halogens is 2. The number of esters is 1. The van der Waals surface area contributed by atoms with E-state index >= 15 is 0 Å². The molecule has 2 amide bonds. The zero-order valence-electron chi connectivity index (χ0n) is 17.4. The molecule has 176 valence electrons. The fourth-order valence-corrected chi connectivity index (χ4v) is 4.90. The molecule has 1 aliphatic rings. The standard InChI is InChI=1S/C21H20Cl2N2O7S/c1-2-31-21(28)24-18-8-5-16(23)10-13(18)9-14-12-32-19(26)11-25(20(14)27)33(29,30)17-6-3-15(22)4-7-17/h3-8,10,14H,2,9,11-12H2,1H3,(H,24,28). The van der Waals surface area contributed by atoms with Crippen molar-refractivity contribution < 1.29 is 32.3 Å². The molecule has 0 aromatic heterocycles. The molecule has 1 atom stereocenters. The van der Waals surface area contributed by atoms with Gasteiger partial charge in [-0.3, -0.25) is 14.9 Å². The second-order valence-corrected chi connectivity index (χ2v) is 9.77. The molecule has 0 radical (unpaired) electrons. The van der Waals surface area contributed by atoms with Crippen molar-refractivity contribution in [3.05, 3.63) is 58.1 Å². The lowest BCUT2D eigenvalue weighted by Gasteiger charge is -2.23. The third-order valence-electron chi connectivity index (χ3n) is 4.76. The average molecular weight is 515 g/mol. The lowest BCUT2D eigenvalue weighted by Crippen LogP contribution is -2.42. The number of rotatable bonds is 6. The Bertz CT molecular complexity index is 1170. The van der Waals surface area contributed by atoms with Gasteiger partial charge in [-0.25, -0.2) is 17.5 Å². The van der Waals surface area contributed by atoms with Gasteiger partial charge in [-0.05, 0) is 61.4 Å². The number of ether oxygens (including phenoxy) is 2. The highest BCUT2D eigenvalue weighted by Crippen LogP contribution is 2.28. The molecule has 0 spiro atoms. The molecule has 1 N–H and O–H groups in total. The quantitative estimate of drug-likeness (QED) is 0.585. The first kappa shape index (κ1) is 24.8. The number of cyclic esters (lactones) is 1. The SMILES string of the molecule is CCOC(=O)Nc1ccc(Cl)cc1CC1COC(=O)CN(S(=O)(=O)c2ccc(Cl)cc2)C1=O. The fraction of sp³-hybridized carbons (Fsp3) is 0.286. The van der Waals surface area contributed by atoms with Crippen LogP contribution in [0.25, 0.3) is 0 Å². The average Bonchev–Trinajstić information content (AvgIpc) is 2.90. The Morgan fingerprint density at radius 2 is 1.82 bits per heavy atom. The first-order valence-electron chi connectivity index (χ1n) is 9.81. The molecule has 1 unspecified atom stereocenters. The van der Waals surface area contributed by atoms with E-state index < -0.39 is 40.5 Å². The third kappa shape index (κ3) is 5.95. The van der Waals surface area contributed by atoms with Crippen LogP contribution >= 0.6 is 23.2 Å². The van der Waals surface area contributed by atoms with Crippen LogP contribution in [0.1, 0.15) is 12.5 Å². The molecular formula is C21H20Cl2N2O7S. The van der Waals surface area contributed by atoms with Gasteiger partial charge in [-0.2, -0.15) is 0 Å². The monoisotopic (exact) mass is 514 g/mol. The molecule has 2 aromatic carbocycles. The second kappa shape index (κ2) is 10.4. The van der Waals surface area contributed by atoms with E-state index in [1.54, 1.807) is 13.0 Å². The molecule has 1 saturated heterocycles. The summed E-state index contributed by atoms with van der Waals surface area (Å²) in [5.41, 5.74) is 0.768. The molecule has 0 bridgehead atoms. The van der Waals surface area contributed by atoms with Gasteiger partial charge in [0.2, 0.25) is 5.91 Å². The van der Waals surface area contributed by atoms with Crippen LogP contribution < -0.4 is 5.32 Å². The second-order valence-electron chi connectivity index (χ2n) is 7.03. The minimum atomic E-state index is -4.35. The summed E-state index contributed by atoms with van der Waals surface area (Å²) < 4.78 is 36.7. The largest absolute Gasteiger partial charge is 0.463 e. The molecule has 9 nitrogen and oxygen atoms in total. The normalized spacial score (nSPS) is 16.7. The maximum Gasteiger partial charge on any atom is 0.411 e. The summed E-state index contributed by atoms with van der Waals surface area (Å²) in [5.74, 6) is -2.73. The number of carbonyl (C=O) groups excluding carboxylic acids is 3. The van der Waals surface area contributed by atoms with E-state index in [0.717, 1.165) is 0 Å². The van der Waals surface area contributed by atoms with Crippen LogP contribution in [-0.4, -0.2) is 50.5 Å². The van der Waals surface area contributed by atoms with Gasteiger partial charge < -0.3 is 9.47 Å². The maximum atomic E-state index is 13.2. The van der Waals surface area contributed by atoms with E-state index in [-0.39, 0.29) is 24.5 Å². The van der Waals surface area contributed by atoms with Crippen molar-refractivity contribution in [3.63, 3.8) is 0 Å². The Hall–Kier alpha value is -2.82. The number of carbonyl (C=O) groups is 3. The van der Waals surface area contributed by atoms with E-state index in [9.17, 15) is 22.8 Å². The number of amides is 2. The van der Waals surface area contributed by atoms with Crippen molar-refractivity contribution in [1.82, 2.24) is 4.31 Å². The number of benzene rings is 2. The fourth-order valence-electron chi connectivity index (χ4n) is 3.19. The van der Waals surface area contributed by atoms with Gasteiger partial charge in [0.25, 0.3) is 10.0 Å². The van der Waals surface area contributed by atoms with Crippen LogP contribution in [0, 0.1) is 5.92 Å². The summed E-state index contributed by atoms with van der Waals surface area (Å²) in [6, 6.07) is 9.82. The molecule has 0 aliphatic carbocycles. The van der Waals surface area contributed by atoms with E-state index in [4.69, 9.17) is 32.7 Å². The summed E-state index contributed by atoms with van der Waals surface area (Å²) >= 11 is 11.9. The summed E-state index contributed by atoms with van der Waals surface area (Å²) in [6.45, 7) is 0.708. The van der Waals surface area contributed by atoms with Crippen molar-refractivity contribution in [1.29, 1.82) is 0 Å². The lowest BCUT2D eigenvalue weighted by atomic mass is 9.98. The summed E-state index contributed by atoms with van der Waals surface area (Å²) in [4.78, 5) is 37.0. The highest BCUT2D eigenvalue weighted by atomic mass is 35.5. The number of nitrogens with one attached hydrogen (secondary N) is 1. The predicted octanol–water partition coefficient (Wildman–Crippen LogP) is 3.49. The van der Waals surface area contributed by atoms with Crippen LogP contribution in [0.15, 0.2) is 47.4 Å². The van der Waals surface area contributed by atoms with Crippen molar-refractivity contribution >= 4 is 56.9 Å². The zero-order chi connectivity index (χ0) is 24.2. The Kier molecular flexibility index (Phi) is 7.83. The Morgan fingerprint density at radius 1 is 1.15 bits per heavy atom. The molecule has 0 saturated carbocycles. The predicted molar refractivity (Wildman–Crippen MR) is 121 cm³/mol. The number of anilines is 1. The molecule has 1 aliphatic heterocycles. The minimum absolute atomic E-state index is 0.0545. The molecular weight excluding hydrogens is 495 g/mol. The minimum Gasteiger partial charge on any atom is -0.463 e. The van der Waals surface area contributed by atoms with Crippen molar-refractivity contribution in [3.8, 4) is 0 Å². The number of sulfonamides is 1. The summed E-state index contributed by atoms with van der Waals surface area (Å²) in [7, 11) is -4.35. The van der Waals surface area contributed by atoms with Gasteiger partial charge in [0.05, 0.1) is 17.4 Å². The van der Waals surface area contributed by atoms with Crippen LogP contribution in [0.4, 0.5) is 10.5 Å². The van der Waals surface area contributed by atoms with Gasteiger partial charge in [0.15, 0.2) is 0 Å². The van der Waals surface area contributed by atoms with E-state index in [1.165, 1.54) is 36.4 Å². The van der Waals surface area contributed by atoms with Gasteiger partial charge in [-0.1, -0.05) is 23.2 Å². The first-order valence-corrected chi connectivity index (χ1v) is 12.0. The van der Waals surface area contributed by atoms with Crippen LogP contribution in [0.2, 0.25) is 10.0 Å². The topological polar surface area (TPSA) is 119 Å². The molecule has 3 rings (SSSR count). The van der Waals surface area contributed by atoms with Crippen LogP contribution in [0.3, 0.4) is 0 Å². The molecule has 1 fully saturated rings. The summed E-state index contributed by atoms with van der Waals surface area (Å²) in [6.07, 6.45) is -0.757. The Morgan fingerprint density at radius 3 is 2.48 bits per heavy atom.